The van der Waals surface area contributed by atoms with Crippen LogP contribution in [0.5, 0.6) is 5.75 Å². The van der Waals surface area contributed by atoms with Crippen molar-refractivity contribution in [3.63, 3.8) is 0 Å². The van der Waals surface area contributed by atoms with Gasteiger partial charge in [0.25, 0.3) is 5.91 Å². The van der Waals surface area contributed by atoms with Gasteiger partial charge < -0.3 is 26.2 Å². The molecule has 35 heavy (non-hydrogen) atoms. The van der Waals surface area contributed by atoms with Gasteiger partial charge in [-0.2, -0.15) is 0 Å². The van der Waals surface area contributed by atoms with Crippen molar-refractivity contribution in [1.82, 2.24) is 4.90 Å². The molecule has 4 aliphatic rings. The van der Waals surface area contributed by atoms with E-state index in [1.54, 1.807) is 14.1 Å². The Morgan fingerprint density at radius 1 is 1.17 bits per heavy atom. The Bertz CT molecular complexity index is 1270. The summed E-state index contributed by atoms with van der Waals surface area (Å²) in [5, 5.41) is 44.4. The molecule has 0 heterocycles. The molecule has 9 heteroatoms. The summed E-state index contributed by atoms with van der Waals surface area (Å²) >= 11 is 0. The summed E-state index contributed by atoms with van der Waals surface area (Å²) in [6.07, 6.45) is 6.38. The van der Waals surface area contributed by atoms with Crippen LogP contribution in [0.4, 0.5) is 0 Å². The van der Waals surface area contributed by atoms with Crippen molar-refractivity contribution >= 4 is 23.2 Å². The second-order valence-electron chi connectivity index (χ2n) is 10.1. The lowest BCUT2D eigenvalue weighted by atomic mass is 9.57. The SMILES string of the molecule is CN(C)C1C(=O)C(C(N)=O)=C(O)C2(O)C(=O)C3=C(O)c4c(O)ccc(C5C=CCC5)c4CC3CC12. The molecular formula is C26H28N2O7. The number of rotatable bonds is 3. The van der Waals surface area contributed by atoms with E-state index in [1.807, 2.05) is 6.07 Å². The zero-order valence-corrected chi connectivity index (χ0v) is 19.5. The molecule has 184 valence electrons. The highest BCUT2D eigenvalue weighted by Crippen LogP contribution is 2.53. The minimum absolute atomic E-state index is 0.0847. The Kier molecular flexibility index (Phi) is 5.19. The van der Waals surface area contributed by atoms with E-state index < -0.39 is 58.0 Å². The summed E-state index contributed by atoms with van der Waals surface area (Å²) in [6.45, 7) is 0. The molecule has 4 aliphatic carbocycles. The maximum atomic E-state index is 13.8. The van der Waals surface area contributed by atoms with Gasteiger partial charge in [0.2, 0.25) is 5.78 Å². The molecule has 5 atom stereocenters. The number of nitrogens with two attached hydrogens (primary N) is 1. The van der Waals surface area contributed by atoms with Crippen molar-refractivity contribution in [1.29, 1.82) is 0 Å². The van der Waals surface area contributed by atoms with Gasteiger partial charge in [-0.25, -0.2) is 0 Å². The second-order valence-corrected chi connectivity index (χ2v) is 10.1. The maximum Gasteiger partial charge on any atom is 0.255 e. The first kappa shape index (κ1) is 23.3. The summed E-state index contributed by atoms with van der Waals surface area (Å²) in [6, 6.07) is 2.22. The highest BCUT2D eigenvalue weighted by atomic mass is 16.3. The van der Waals surface area contributed by atoms with E-state index in [-0.39, 0.29) is 29.2 Å². The minimum Gasteiger partial charge on any atom is -0.508 e. The second kappa shape index (κ2) is 7.79. The van der Waals surface area contributed by atoms with Gasteiger partial charge in [0, 0.05) is 17.4 Å². The Hall–Kier alpha value is -3.43. The van der Waals surface area contributed by atoms with Crippen molar-refractivity contribution in [3.05, 3.63) is 57.9 Å². The Balaban J connectivity index is 1.73. The zero-order chi connectivity index (χ0) is 25.4. The molecule has 0 saturated heterocycles. The average Bonchev–Trinajstić information content (AvgIpc) is 3.30. The smallest absolute Gasteiger partial charge is 0.255 e. The highest BCUT2D eigenvalue weighted by Gasteiger charge is 2.64. The normalized spacial score (nSPS) is 32.1. The largest absolute Gasteiger partial charge is 0.508 e. The number of carbonyl (C=O) groups excluding carboxylic acids is 3. The predicted molar refractivity (Wildman–Crippen MR) is 125 cm³/mol. The molecule has 0 aliphatic heterocycles. The van der Waals surface area contributed by atoms with Crippen LogP contribution in [0.2, 0.25) is 0 Å². The number of Topliss-reactive ketones (excluding diaryl/α,β-unsaturated/α-hetero) is 2. The number of benzene rings is 1. The van der Waals surface area contributed by atoms with Crippen molar-refractivity contribution in [2.45, 2.75) is 43.2 Å². The molecule has 5 unspecified atom stereocenters. The topological polar surface area (TPSA) is 161 Å². The number of phenols is 1. The molecule has 1 fully saturated rings. The quantitative estimate of drug-likeness (QED) is 0.320. The molecule has 1 aromatic carbocycles. The summed E-state index contributed by atoms with van der Waals surface area (Å²) in [4.78, 5) is 40.5. The van der Waals surface area contributed by atoms with Crippen LogP contribution in [-0.4, -0.2) is 68.5 Å². The summed E-state index contributed by atoms with van der Waals surface area (Å²) in [5.74, 6) is -6.26. The number of ketones is 2. The van der Waals surface area contributed by atoms with Crippen LogP contribution in [-0.2, 0) is 20.8 Å². The van der Waals surface area contributed by atoms with Gasteiger partial charge in [-0.1, -0.05) is 18.2 Å². The first-order valence-electron chi connectivity index (χ1n) is 11.7. The lowest BCUT2D eigenvalue weighted by molar-refractivity contribution is -0.153. The Labute approximate surface area is 201 Å². The van der Waals surface area contributed by atoms with Gasteiger partial charge in [0.05, 0.1) is 11.6 Å². The van der Waals surface area contributed by atoms with Crippen LogP contribution >= 0.6 is 0 Å². The summed E-state index contributed by atoms with van der Waals surface area (Å²) < 4.78 is 0. The van der Waals surface area contributed by atoms with Gasteiger partial charge in [0.1, 0.15) is 22.8 Å². The van der Waals surface area contributed by atoms with Crippen LogP contribution in [0.3, 0.4) is 0 Å². The van der Waals surface area contributed by atoms with Crippen LogP contribution in [0.15, 0.2) is 41.2 Å². The number of likely N-dealkylation sites (N-methyl/N-ethyl adjacent to an activating group) is 1. The maximum absolute atomic E-state index is 13.8. The molecule has 1 saturated carbocycles. The number of fused-ring (bicyclic) bond motifs is 3. The molecule has 1 amide bonds. The number of amides is 1. The third kappa shape index (κ3) is 3.04. The fourth-order valence-corrected chi connectivity index (χ4v) is 6.51. The lowest BCUT2D eigenvalue weighted by Gasteiger charge is -2.50. The van der Waals surface area contributed by atoms with E-state index in [0.29, 0.717) is 6.42 Å². The van der Waals surface area contributed by atoms with E-state index in [4.69, 9.17) is 5.73 Å². The zero-order valence-electron chi connectivity index (χ0n) is 19.5. The summed E-state index contributed by atoms with van der Waals surface area (Å²) in [5.41, 5.74) is 3.59. The number of carbonyl (C=O) groups is 3. The fourth-order valence-electron chi connectivity index (χ4n) is 6.51. The van der Waals surface area contributed by atoms with E-state index in [9.17, 15) is 34.8 Å². The Morgan fingerprint density at radius 2 is 1.89 bits per heavy atom. The van der Waals surface area contributed by atoms with Gasteiger partial charge >= 0.3 is 0 Å². The molecule has 0 spiro atoms. The third-order valence-electron chi connectivity index (χ3n) is 8.05. The first-order valence-corrected chi connectivity index (χ1v) is 11.7. The lowest BCUT2D eigenvalue weighted by Crippen LogP contribution is -2.65. The predicted octanol–water partition coefficient (Wildman–Crippen LogP) is 1.40. The number of aromatic hydroxyl groups is 1. The van der Waals surface area contributed by atoms with Gasteiger partial charge in [-0.05, 0) is 62.9 Å². The average molecular weight is 481 g/mol. The number of aliphatic hydroxyl groups is 3. The van der Waals surface area contributed by atoms with E-state index in [1.165, 1.54) is 11.0 Å². The Morgan fingerprint density at radius 3 is 2.49 bits per heavy atom. The fraction of sp³-hybridized carbons (Fsp3) is 0.423. The number of primary amides is 1. The first-order chi connectivity index (χ1) is 16.5. The molecule has 1 aromatic rings. The van der Waals surface area contributed by atoms with Crippen molar-refractivity contribution in [3.8, 4) is 5.75 Å². The van der Waals surface area contributed by atoms with E-state index in [0.717, 1.165) is 24.0 Å². The highest BCUT2D eigenvalue weighted by molar-refractivity contribution is 6.24. The third-order valence-corrected chi connectivity index (χ3v) is 8.05. The number of aliphatic hydroxyl groups excluding tert-OH is 2. The summed E-state index contributed by atoms with van der Waals surface area (Å²) in [7, 11) is 3.16. The van der Waals surface area contributed by atoms with Crippen LogP contribution in [0.25, 0.3) is 5.76 Å². The number of allylic oxidation sites excluding steroid dienone is 2. The molecule has 5 rings (SSSR count). The van der Waals surface area contributed by atoms with Gasteiger partial charge in [0.15, 0.2) is 11.4 Å². The number of hydrogen-bond acceptors (Lipinski definition) is 8. The van der Waals surface area contributed by atoms with E-state index in [2.05, 4.69) is 12.2 Å². The number of nitrogens with zero attached hydrogens (tertiary/aromatic N) is 1. The molecule has 0 bridgehead atoms. The number of phenolic OH excluding ortho intramolecular Hbond substituents is 1. The molecule has 6 N–H and O–H groups in total. The molecular weight excluding hydrogens is 452 g/mol. The van der Waals surface area contributed by atoms with Gasteiger partial charge in [-0.3, -0.25) is 19.3 Å². The molecule has 0 aromatic heterocycles. The van der Waals surface area contributed by atoms with Gasteiger partial charge in [-0.15, -0.1) is 0 Å². The molecule has 0 radical (unpaired) electrons. The van der Waals surface area contributed by atoms with Crippen molar-refractivity contribution < 1.29 is 34.8 Å². The van der Waals surface area contributed by atoms with E-state index >= 15 is 0 Å². The molecule has 9 nitrogen and oxygen atoms in total. The minimum atomic E-state index is -2.62. The van der Waals surface area contributed by atoms with Crippen LogP contribution in [0, 0.1) is 11.8 Å². The van der Waals surface area contributed by atoms with Crippen molar-refractivity contribution in [2.75, 3.05) is 14.1 Å². The monoisotopic (exact) mass is 480 g/mol. The van der Waals surface area contributed by atoms with Crippen LogP contribution < -0.4 is 5.73 Å². The van der Waals surface area contributed by atoms with Crippen molar-refractivity contribution in [2.24, 2.45) is 17.6 Å². The van der Waals surface area contributed by atoms with Crippen LogP contribution in [0.1, 0.15) is 41.9 Å². The number of hydrogen-bond donors (Lipinski definition) is 5. The standard InChI is InChI=1S/C26H28N2O7/c1-28(2)20-15-10-12-9-14-13(11-5-3-4-6-11)7-8-16(29)18(14)21(30)17(12)23(32)26(15,35)24(33)19(22(20)31)25(27)34/h3,5,7-8,11-12,15,20,29-30,33,35H,4,6,9-10H2,1-2H3,(H2,27,34).